The molecule has 35 heavy (non-hydrogen) atoms. The van der Waals surface area contributed by atoms with E-state index >= 15 is 0 Å². The molecule has 1 aliphatic heterocycles. The summed E-state index contributed by atoms with van der Waals surface area (Å²) in [5.74, 6) is 0. The average Bonchev–Trinajstić information content (AvgIpc) is 3.59. The van der Waals surface area contributed by atoms with Crippen molar-refractivity contribution in [1.29, 1.82) is 0 Å². The van der Waals surface area contributed by atoms with Gasteiger partial charge in [-0.05, 0) is 35.7 Å². The first kappa shape index (κ1) is 18.7. The fraction of sp³-hybridized carbons (Fsp3) is 0.0323. The van der Waals surface area contributed by atoms with Crippen molar-refractivity contribution < 1.29 is 0 Å². The molecular formula is C31H20N4. The summed E-state index contributed by atoms with van der Waals surface area (Å²) in [6, 6.07) is 34.4. The van der Waals surface area contributed by atoms with Crippen LogP contribution in [0.4, 0.5) is 0 Å². The van der Waals surface area contributed by atoms with Gasteiger partial charge in [0.15, 0.2) is 0 Å². The van der Waals surface area contributed by atoms with Gasteiger partial charge in [-0.3, -0.25) is 9.56 Å². The van der Waals surface area contributed by atoms with Gasteiger partial charge in [-0.25, -0.2) is 4.98 Å². The highest BCUT2D eigenvalue weighted by Crippen LogP contribution is 2.32. The zero-order valence-corrected chi connectivity index (χ0v) is 18.9. The summed E-state index contributed by atoms with van der Waals surface area (Å²) in [5, 5.41) is 7.27. The largest absolute Gasteiger partial charge is 0.309 e. The van der Waals surface area contributed by atoms with Gasteiger partial charge in [0, 0.05) is 38.6 Å². The molecule has 0 saturated carbocycles. The van der Waals surface area contributed by atoms with Crippen molar-refractivity contribution in [2.75, 3.05) is 6.54 Å². The molecular weight excluding hydrogens is 428 g/mol. The van der Waals surface area contributed by atoms with Crippen LogP contribution in [-0.4, -0.2) is 20.7 Å². The third-order valence-electron chi connectivity index (χ3n) is 7.18. The third-order valence-corrected chi connectivity index (χ3v) is 7.18. The molecule has 0 unspecified atom stereocenters. The molecule has 0 atom stereocenters. The Labute approximate surface area is 200 Å². The van der Waals surface area contributed by atoms with Gasteiger partial charge < -0.3 is 4.57 Å². The summed E-state index contributed by atoms with van der Waals surface area (Å²) >= 11 is 0. The first-order valence-corrected chi connectivity index (χ1v) is 11.9. The van der Waals surface area contributed by atoms with Crippen LogP contribution in [0.2, 0.25) is 0 Å². The molecule has 0 saturated heterocycles. The van der Waals surface area contributed by atoms with E-state index in [1.165, 1.54) is 37.8 Å². The van der Waals surface area contributed by atoms with E-state index in [-0.39, 0.29) is 0 Å². The van der Waals surface area contributed by atoms with Gasteiger partial charge in [-0.2, -0.15) is 0 Å². The molecule has 7 aromatic rings. The summed E-state index contributed by atoms with van der Waals surface area (Å²) in [5.41, 5.74) is 6.54. The van der Waals surface area contributed by atoms with Gasteiger partial charge in [0.1, 0.15) is 11.1 Å². The zero-order chi connectivity index (χ0) is 22.9. The molecule has 4 heteroatoms. The number of benzene rings is 4. The monoisotopic (exact) mass is 448 g/mol. The van der Waals surface area contributed by atoms with E-state index in [0.29, 0.717) is 6.54 Å². The van der Waals surface area contributed by atoms with Gasteiger partial charge in [-0.1, -0.05) is 72.8 Å². The van der Waals surface area contributed by atoms with Crippen molar-refractivity contribution >= 4 is 49.7 Å². The van der Waals surface area contributed by atoms with E-state index < -0.39 is 0 Å². The molecule has 0 aliphatic carbocycles. The maximum Gasteiger partial charge on any atom is 0.147 e. The van der Waals surface area contributed by atoms with Crippen LogP contribution in [0.3, 0.4) is 0 Å². The summed E-state index contributed by atoms with van der Waals surface area (Å²) in [4.78, 5) is 9.79. The van der Waals surface area contributed by atoms with E-state index in [2.05, 4.69) is 112 Å². The van der Waals surface area contributed by atoms with Gasteiger partial charge in [0.2, 0.25) is 0 Å². The maximum atomic E-state index is 4.92. The zero-order valence-electron chi connectivity index (χ0n) is 18.9. The molecule has 8 rings (SSSR count). The number of hydrogen-bond donors (Lipinski definition) is 0. The Bertz CT molecular complexity index is 2040. The Morgan fingerprint density at radius 3 is 2.06 bits per heavy atom. The highest BCUT2D eigenvalue weighted by Gasteiger charge is 2.18. The van der Waals surface area contributed by atoms with Crippen LogP contribution in [0.5, 0.6) is 0 Å². The average molecular weight is 449 g/mol. The Morgan fingerprint density at radius 1 is 0.629 bits per heavy atom. The van der Waals surface area contributed by atoms with Crippen LogP contribution in [0.15, 0.2) is 108 Å². The lowest BCUT2D eigenvalue weighted by atomic mass is 10.1. The van der Waals surface area contributed by atoms with Crippen molar-refractivity contribution in [3.05, 3.63) is 114 Å². The highest BCUT2D eigenvalue weighted by atomic mass is 15.1. The van der Waals surface area contributed by atoms with Gasteiger partial charge in [0.05, 0.1) is 23.3 Å². The minimum atomic E-state index is 0.705. The number of rotatable bonds is 2. The number of nitrogens with zero attached hydrogens (tertiary/aromatic N) is 4. The van der Waals surface area contributed by atoms with Crippen LogP contribution < -0.4 is 10.7 Å². The van der Waals surface area contributed by atoms with Gasteiger partial charge in [0.25, 0.3) is 0 Å². The van der Waals surface area contributed by atoms with E-state index in [1.807, 2.05) is 6.20 Å². The van der Waals surface area contributed by atoms with Crippen LogP contribution >= 0.6 is 0 Å². The quantitative estimate of drug-likeness (QED) is 0.335. The third kappa shape index (κ3) is 2.51. The summed E-state index contributed by atoms with van der Waals surface area (Å²) < 4.78 is 4.57. The number of hydrogen-bond acceptors (Lipinski definition) is 2. The van der Waals surface area contributed by atoms with Crippen LogP contribution in [0, 0.1) is 0 Å². The molecule has 0 N–H and O–H groups in total. The lowest BCUT2D eigenvalue weighted by molar-refractivity contribution is 0.976. The van der Waals surface area contributed by atoms with E-state index in [0.717, 1.165) is 27.9 Å². The van der Waals surface area contributed by atoms with Crippen molar-refractivity contribution in [3.63, 3.8) is 0 Å². The van der Waals surface area contributed by atoms with Crippen molar-refractivity contribution in [2.45, 2.75) is 0 Å². The van der Waals surface area contributed by atoms with Crippen molar-refractivity contribution in [1.82, 2.24) is 14.1 Å². The Balaban J connectivity index is 1.45. The second-order valence-corrected chi connectivity index (χ2v) is 9.05. The molecule has 0 amide bonds. The lowest BCUT2D eigenvalue weighted by Gasteiger charge is -2.11. The topological polar surface area (TPSA) is 35.1 Å². The molecule has 4 heterocycles. The van der Waals surface area contributed by atoms with Crippen LogP contribution in [0.1, 0.15) is 0 Å². The summed E-state index contributed by atoms with van der Waals surface area (Å²) in [7, 11) is 0. The molecule has 0 bridgehead atoms. The minimum absolute atomic E-state index is 0.705. The van der Waals surface area contributed by atoms with E-state index in [1.54, 1.807) is 0 Å². The SMILES string of the molecule is C1=c2c(n(-c3cccc(-n4c5ccccc5c5ccccc54)c3)c3ncc4ccccc4c23)=NC1. The number of aromatic nitrogens is 3. The Morgan fingerprint density at radius 2 is 1.29 bits per heavy atom. The molecule has 0 radical (unpaired) electrons. The Kier molecular flexibility index (Phi) is 3.69. The number of para-hydroxylation sites is 2. The van der Waals surface area contributed by atoms with Crippen LogP contribution in [0.25, 0.3) is 61.1 Å². The summed E-state index contributed by atoms with van der Waals surface area (Å²) in [6.45, 7) is 0.705. The predicted octanol–water partition coefficient (Wildman–Crippen LogP) is 5.69. The second-order valence-electron chi connectivity index (χ2n) is 9.05. The summed E-state index contributed by atoms with van der Waals surface area (Å²) in [6.07, 6.45) is 4.19. The maximum absolute atomic E-state index is 4.92. The Hall–Kier alpha value is -4.70. The van der Waals surface area contributed by atoms with Crippen LogP contribution in [-0.2, 0) is 0 Å². The van der Waals surface area contributed by atoms with Gasteiger partial charge >= 0.3 is 0 Å². The first-order chi connectivity index (χ1) is 17.4. The molecule has 3 aromatic heterocycles. The normalized spacial score (nSPS) is 12.9. The standard InChI is InChI=1S/C31H20N4/c1-2-11-23-20(8-1)19-33-31-29(23)26-16-17-32-30(26)35(31)22-10-7-9-21(18-22)34-27-14-5-3-12-24(27)25-13-4-6-15-28(25)34/h1-16,18-19H,17H2. The molecule has 1 aliphatic rings. The molecule has 4 aromatic carbocycles. The first-order valence-electron chi connectivity index (χ1n) is 11.9. The number of pyridine rings is 1. The van der Waals surface area contributed by atoms with E-state index in [9.17, 15) is 0 Å². The van der Waals surface area contributed by atoms with Gasteiger partial charge in [-0.15, -0.1) is 0 Å². The molecule has 0 fully saturated rings. The minimum Gasteiger partial charge on any atom is -0.309 e. The fourth-order valence-electron chi connectivity index (χ4n) is 5.71. The molecule has 0 spiro atoms. The predicted molar refractivity (Wildman–Crippen MR) is 143 cm³/mol. The van der Waals surface area contributed by atoms with Crippen molar-refractivity contribution in [3.8, 4) is 11.4 Å². The lowest BCUT2D eigenvalue weighted by Crippen LogP contribution is -2.25. The smallest absolute Gasteiger partial charge is 0.147 e. The van der Waals surface area contributed by atoms with Crippen molar-refractivity contribution in [2.24, 2.45) is 4.99 Å². The number of fused-ring (bicyclic) bond motifs is 8. The fourth-order valence-corrected chi connectivity index (χ4v) is 5.71. The molecule has 4 nitrogen and oxygen atoms in total. The van der Waals surface area contributed by atoms with E-state index in [4.69, 9.17) is 9.98 Å². The molecule has 164 valence electrons. The second kappa shape index (κ2) is 6.90. The highest BCUT2D eigenvalue weighted by molar-refractivity contribution is 6.09.